The monoisotopic (exact) mass is 253 g/mol. The Kier molecular flexibility index (Phi) is 3.87. The zero-order valence-corrected chi connectivity index (χ0v) is 10.4. The van der Waals surface area contributed by atoms with Gasteiger partial charge in [-0.15, -0.1) is 0 Å². The summed E-state index contributed by atoms with van der Waals surface area (Å²) < 4.78 is 16.2. The Morgan fingerprint density at radius 1 is 1.17 bits per heavy atom. The van der Waals surface area contributed by atoms with E-state index >= 15 is 0 Å². The zero-order valence-electron chi connectivity index (χ0n) is 10.4. The fourth-order valence-electron chi connectivity index (χ4n) is 2.40. The van der Waals surface area contributed by atoms with Crippen molar-refractivity contribution in [2.24, 2.45) is 0 Å². The molecule has 2 aliphatic rings. The zero-order chi connectivity index (χ0) is 12.2. The molecule has 1 aromatic rings. The Hall–Kier alpha value is -0.980. The van der Waals surface area contributed by atoms with E-state index in [2.05, 4.69) is 15.5 Å². The third-order valence-corrected chi connectivity index (χ3v) is 3.42. The van der Waals surface area contributed by atoms with Gasteiger partial charge in [-0.1, -0.05) is 18.0 Å². The van der Waals surface area contributed by atoms with Crippen LogP contribution in [0.5, 0.6) is 0 Å². The van der Waals surface area contributed by atoms with Crippen molar-refractivity contribution in [3.63, 3.8) is 0 Å². The molecule has 2 atom stereocenters. The first kappa shape index (κ1) is 12.1. The smallest absolute Gasteiger partial charge is 0.258 e. The quantitative estimate of drug-likeness (QED) is 0.858. The summed E-state index contributed by atoms with van der Waals surface area (Å²) in [6, 6.07) is 0.217. The highest BCUT2D eigenvalue weighted by molar-refractivity contribution is 4.97. The molecule has 6 nitrogen and oxygen atoms in total. The van der Waals surface area contributed by atoms with Crippen LogP contribution in [0.25, 0.3) is 0 Å². The van der Waals surface area contributed by atoms with E-state index in [1.54, 1.807) is 0 Å². The molecular formula is C12H19N3O3. The molecule has 100 valence electrons. The number of aromatic nitrogens is 2. The minimum atomic E-state index is -0.203. The van der Waals surface area contributed by atoms with Gasteiger partial charge in [-0.25, -0.2) is 0 Å². The lowest BCUT2D eigenvalue weighted by Crippen LogP contribution is -2.23. The van der Waals surface area contributed by atoms with Crippen molar-refractivity contribution < 1.29 is 14.0 Å². The van der Waals surface area contributed by atoms with E-state index in [0.29, 0.717) is 25.7 Å². The molecule has 1 aromatic heterocycles. The van der Waals surface area contributed by atoms with Gasteiger partial charge in [0.2, 0.25) is 0 Å². The van der Waals surface area contributed by atoms with Crippen LogP contribution in [-0.4, -0.2) is 36.5 Å². The van der Waals surface area contributed by atoms with Gasteiger partial charge in [0.1, 0.15) is 0 Å². The van der Waals surface area contributed by atoms with E-state index in [0.717, 1.165) is 18.8 Å². The summed E-state index contributed by atoms with van der Waals surface area (Å²) in [7, 11) is 0. The van der Waals surface area contributed by atoms with Crippen LogP contribution in [0.3, 0.4) is 0 Å². The Morgan fingerprint density at radius 3 is 3.06 bits per heavy atom. The van der Waals surface area contributed by atoms with Gasteiger partial charge < -0.3 is 19.3 Å². The Balaban J connectivity index is 1.67. The number of ether oxygens (including phenoxy) is 2. The maximum atomic E-state index is 5.55. The molecule has 0 bridgehead atoms. The van der Waals surface area contributed by atoms with Crippen LogP contribution >= 0.6 is 0 Å². The number of hydrogen-bond acceptors (Lipinski definition) is 6. The summed E-state index contributed by atoms with van der Waals surface area (Å²) >= 11 is 0. The largest absolute Gasteiger partial charge is 0.376 e. The molecule has 3 rings (SSSR count). The molecule has 0 aromatic carbocycles. The van der Waals surface area contributed by atoms with Gasteiger partial charge in [0.05, 0.1) is 25.9 Å². The lowest BCUT2D eigenvalue weighted by atomic mass is 10.1. The van der Waals surface area contributed by atoms with Gasteiger partial charge in [-0.2, -0.15) is 4.98 Å². The van der Waals surface area contributed by atoms with Crippen molar-refractivity contribution >= 4 is 0 Å². The summed E-state index contributed by atoms with van der Waals surface area (Å²) in [5.74, 6) is 1.29. The highest BCUT2D eigenvalue weighted by Gasteiger charge is 2.25. The average molecular weight is 253 g/mol. The summed E-state index contributed by atoms with van der Waals surface area (Å²) in [4.78, 5) is 4.45. The van der Waals surface area contributed by atoms with E-state index in [9.17, 15) is 0 Å². The molecule has 0 saturated carbocycles. The van der Waals surface area contributed by atoms with Crippen molar-refractivity contribution in [2.75, 3.05) is 26.4 Å². The van der Waals surface area contributed by atoms with Crippen LogP contribution in [0.15, 0.2) is 4.52 Å². The second kappa shape index (κ2) is 5.77. The fourth-order valence-corrected chi connectivity index (χ4v) is 2.40. The van der Waals surface area contributed by atoms with Crippen molar-refractivity contribution in [1.29, 1.82) is 0 Å². The van der Waals surface area contributed by atoms with Crippen LogP contribution < -0.4 is 5.32 Å². The topological polar surface area (TPSA) is 69.4 Å². The van der Waals surface area contributed by atoms with Gasteiger partial charge in [0.25, 0.3) is 5.89 Å². The molecule has 18 heavy (non-hydrogen) atoms. The minimum Gasteiger partial charge on any atom is -0.376 e. The van der Waals surface area contributed by atoms with Crippen LogP contribution in [0.4, 0.5) is 0 Å². The number of nitrogens with one attached hydrogen (secondary N) is 1. The van der Waals surface area contributed by atoms with Crippen LogP contribution in [-0.2, 0) is 9.47 Å². The molecule has 0 aliphatic carbocycles. The predicted molar refractivity (Wildman–Crippen MR) is 63.0 cm³/mol. The molecule has 1 N–H and O–H groups in total. The summed E-state index contributed by atoms with van der Waals surface area (Å²) in [6.07, 6.45) is 4.57. The van der Waals surface area contributed by atoms with Gasteiger partial charge >= 0.3 is 0 Å². The number of nitrogens with zero attached hydrogens (tertiary/aromatic N) is 2. The lowest BCUT2D eigenvalue weighted by Gasteiger charge is -2.19. The SMILES string of the molecule is C1CCNC(c2noc(C3COCCO3)n2)CC1. The Morgan fingerprint density at radius 2 is 2.17 bits per heavy atom. The molecule has 6 heteroatoms. The molecular weight excluding hydrogens is 234 g/mol. The Labute approximate surface area is 106 Å². The highest BCUT2D eigenvalue weighted by atomic mass is 16.6. The van der Waals surface area contributed by atoms with Gasteiger partial charge in [-0.3, -0.25) is 0 Å². The van der Waals surface area contributed by atoms with E-state index in [1.807, 2.05) is 0 Å². The summed E-state index contributed by atoms with van der Waals surface area (Å²) in [6.45, 7) is 2.75. The van der Waals surface area contributed by atoms with Crippen LogP contribution in [0.1, 0.15) is 49.5 Å². The van der Waals surface area contributed by atoms with Crippen molar-refractivity contribution in [1.82, 2.24) is 15.5 Å². The van der Waals surface area contributed by atoms with E-state index in [4.69, 9.17) is 14.0 Å². The van der Waals surface area contributed by atoms with Crippen molar-refractivity contribution in [3.8, 4) is 0 Å². The molecule has 2 unspecified atom stereocenters. The highest BCUT2D eigenvalue weighted by Crippen LogP contribution is 2.24. The van der Waals surface area contributed by atoms with E-state index in [-0.39, 0.29) is 12.1 Å². The second-order valence-electron chi connectivity index (χ2n) is 4.78. The van der Waals surface area contributed by atoms with Gasteiger partial charge in [0, 0.05) is 0 Å². The first-order valence-electron chi connectivity index (χ1n) is 6.70. The van der Waals surface area contributed by atoms with Gasteiger partial charge in [0.15, 0.2) is 11.9 Å². The average Bonchev–Trinajstić information content (AvgIpc) is 2.76. The fraction of sp³-hybridized carbons (Fsp3) is 0.833. The summed E-state index contributed by atoms with van der Waals surface area (Å²) in [5.41, 5.74) is 0. The Bertz CT molecular complexity index is 368. The van der Waals surface area contributed by atoms with Crippen LogP contribution in [0.2, 0.25) is 0 Å². The minimum absolute atomic E-state index is 0.203. The lowest BCUT2D eigenvalue weighted by molar-refractivity contribution is -0.101. The van der Waals surface area contributed by atoms with E-state index in [1.165, 1.54) is 19.3 Å². The second-order valence-corrected chi connectivity index (χ2v) is 4.78. The van der Waals surface area contributed by atoms with Gasteiger partial charge in [-0.05, 0) is 19.4 Å². The predicted octanol–water partition coefficient (Wildman–Crippen LogP) is 1.36. The maximum absolute atomic E-state index is 5.55. The third kappa shape index (κ3) is 2.71. The molecule has 2 saturated heterocycles. The molecule has 2 aliphatic heterocycles. The normalized spacial score (nSPS) is 30.0. The van der Waals surface area contributed by atoms with Crippen molar-refractivity contribution in [2.45, 2.75) is 37.8 Å². The summed E-state index contributed by atoms with van der Waals surface area (Å²) in [5, 5.41) is 7.53. The molecule has 2 fully saturated rings. The third-order valence-electron chi connectivity index (χ3n) is 3.42. The maximum Gasteiger partial charge on any atom is 0.258 e. The van der Waals surface area contributed by atoms with Crippen molar-refractivity contribution in [3.05, 3.63) is 11.7 Å². The number of hydrogen-bond donors (Lipinski definition) is 1. The molecule has 3 heterocycles. The first-order valence-corrected chi connectivity index (χ1v) is 6.70. The molecule has 0 amide bonds. The number of rotatable bonds is 2. The molecule has 0 radical (unpaired) electrons. The van der Waals surface area contributed by atoms with E-state index < -0.39 is 0 Å². The first-order chi connectivity index (χ1) is 8.93. The van der Waals surface area contributed by atoms with Crippen LogP contribution in [0, 0.1) is 0 Å². The molecule has 0 spiro atoms. The standard InChI is InChI=1S/C12H19N3O3/c1-2-4-9(13-5-3-1)11-14-12(18-15-11)10-8-16-6-7-17-10/h9-10,13H,1-8H2.